The number of ether oxygens (including phenoxy) is 3. The molecule has 0 spiro atoms. The summed E-state index contributed by atoms with van der Waals surface area (Å²) in [5.74, 6) is 0.794. The molecule has 0 unspecified atom stereocenters. The first-order chi connectivity index (χ1) is 17.7. The van der Waals surface area contributed by atoms with Crippen molar-refractivity contribution < 1.29 is 23.8 Å². The maximum Gasteiger partial charge on any atom is 0.331 e. The van der Waals surface area contributed by atoms with Crippen LogP contribution in [0.2, 0.25) is 0 Å². The molecule has 3 rings (SSSR count). The van der Waals surface area contributed by atoms with E-state index in [0.717, 1.165) is 25.7 Å². The number of hydrogen-bond acceptors (Lipinski definition) is 7. The summed E-state index contributed by atoms with van der Waals surface area (Å²) in [5, 5.41) is 2.79. The van der Waals surface area contributed by atoms with Crippen LogP contribution in [0.1, 0.15) is 63.4 Å². The van der Waals surface area contributed by atoms with Crippen LogP contribution in [-0.4, -0.2) is 45.7 Å². The number of imidazole rings is 1. The van der Waals surface area contributed by atoms with Crippen molar-refractivity contribution >= 4 is 17.6 Å². The Kier molecular flexibility index (Phi) is 9.48. The quantitative estimate of drug-likeness (QED) is 0.272. The molecule has 2 heterocycles. The van der Waals surface area contributed by atoms with Crippen LogP contribution in [0.4, 0.5) is 5.69 Å². The molecule has 1 aromatic carbocycles. The number of methoxy groups -OCH3 is 1. The van der Waals surface area contributed by atoms with Crippen LogP contribution in [0.3, 0.4) is 0 Å². The van der Waals surface area contributed by atoms with Crippen molar-refractivity contribution in [3.05, 3.63) is 65.0 Å². The topological polar surface area (TPSA) is 125 Å². The first-order valence-electron chi connectivity index (χ1n) is 12.2. The third-order valence-electron chi connectivity index (χ3n) is 5.25. The SMILES string of the molecule is COc1cc(OCCCCCCC(=O)OC(C)(C)C)ccc1NC(=O)c1cccc(-n2cc[nH]c2=O)n1. The van der Waals surface area contributed by atoms with Crippen molar-refractivity contribution in [3.63, 3.8) is 0 Å². The van der Waals surface area contributed by atoms with Crippen molar-refractivity contribution in [2.75, 3.05) is 19.0 Å². The van der Waals surface area contributed by atoms with E-state index in [0.29, 0.717) is 36.0 Å². The molecule has 0 saturated heterocycles. The summed E-state index contributed by atoms with van der Waals surface area (Å²) in [6.07, 6.45) is 6.96. The van der Waals surface area contributed by atoms with Gasteiger partial charge in [-0.15, -0.1) is 0 Å². The van der Waals surface area contributed by atoms with Crippen LogP contribution < -0.4 is 20.5 Å². The summed E-state index contributed by atoms with van der Waals surface area (Å²) in [6, 6.07) is 10.0. The minimum Gasteiger partial charge on any atom is -0.494 e. The van der Waals surface area contributed by atoms with E-state index >= 15 is 0 Å². The number of hydrogen-bond donors (Lipinski definition) is 2. The first kappa shape index (κ1) is 27.5. The van der Waals surface area contributed by atoms with Gasteiger partial charge in [-0.05, 0) is 57.9 Å². The number of benzene rings is 1. The van der Waals surface area contributed by atoms with Gasteiger partial charge in [0.2, 0.25) is 0 Å². The monoisotopic (exact) mass is 510 g/mol. The molecule has 37 heavy (non-hydrogen) atoms. The lowest BCUT2D eigenvalue weighted by Gasteiger charge is -2.19. The summed E-state index contributed by atoms with van der Waals surface area (Å²) in [5.41, 5.74) is -0.174. The molecule has 1 amide bonds. The van der Waals surface area contributed by atoms with Crippen LogP contribution in [0.25, 0.3) is 5.82 Å². The zero-order valence-electron chi connectivity index (χ0n) is 21.7. The number of amides is 1. The van der Waals surface area contributed by atoms with Crippen molar-refractivity contribution in [1.29, 1.82) is 0 Å². The first-order valence-corrected chi connectivity index (χ1v) is 12.2. The summed E-state index contributed by atoms with van der Waals surface area (Å²) < 4.78 is 17.9. The van der Waals surface area contributed by atoms with Crippen LogP contribution >= 0.6 is 0 Å². The average Bonchev–Trinajstić information content (AvgIpc) is 3.29. The fourth-order valence-corrected chi connectivity index (χ4v) is 3.54. The van der Waals surface area contributed by atoms with Crippen LogP contribution in [-0.2, 0) is 9.53 Å². The van der Waals surface area contributed by atoms with Crippen molar-refractivity contribution in [3.8, 4) is 17.3 Å². The molecule has 0 aliphatic carbocycles. The highest BCUT2D eigenvalue weighted by atomic mass is 16.6. The number of carbonyl (C=O) groups excluding carboxylic acids is 2. The van der Waals surface area contributed by atoms with Crippen molar-refractivity contribution in [2.45, 2.75) is 58.5 Å². The number of aromatic nitrogens is 3. The molecule has 0 aliphatic heterocycles. The highest BCUT2D eigenvalue weighted by Crippen LogP contribution is 2.29. The van der Waals surface area contributed by atoms with E-state index in [1.54, 1.807) is 36.4 Å². The van der Waals surface area contributed by atoms with Gasteiger partial charge in [-0.25, -0.2) is 9.78 Å². The normalized spacial score (nSPS) is 11.1. The van der Waals surface area contributed by atoms with Gasteiger partial charge in [0.15, 0.2) is 0 Å². The van der Waals surface area contributed by atoms with Gasteiger partial charge >= 0.3 is 11.7 Å². The molecule has 10 nitrogen and oxygen atoms in total. The van der Waals surface area contributed by atoms with Crippen molar-refractivity contribution in [1.82, 2.24) is 14.5 Å². The third-order valence-corrected chi connectivity index (χ3v) is 5.25. The summed E-state index contributed by atoms with van der Waals surface area (Å²) in [6.45, 7) is 6.12. The van der Waals surface area contributed by atoms with E-state index in [2.05, 4.69) is 15.3 Å². The summed E-state index contributed by atoms with van der Waals surface area (Å²) in [7, 11) is 1.51. The lowest BCUT2D eigenvalue weighted by atomic mass is 10.1. The third kappa shape index (κ3) is 8.52. The molecular formula is C27H34N4O6. The van der Waals surface area contributed by atoms with Crippen molar-refractivity contribution in [2.24, 2.45) is 0 Å². The number of rotatable bonds is 12. The van der Waals surface area contributed by atoms with E-state index in [-0.39, 0.29) is 17.4 Å². The smallest absolute Gasteiger partial charge is 0.331 e. The predicted octanol–water partition coefficient (Wildman–Crippen LogP) is 4.49. The Morgan fingerprint density at radius 3 is 2.57 bits per heavy atom. The van der Waals surface area contributed by atoms with Gasteiger partial charge in [0.05, 0.1) is 19.4 Å². The van der Waals surface area contributed by atoms with Crippen LogP contribution in [0.15, 0.2) is 53.6 Å². The Morgan fingerprint density at radius 2 is 1.86 bits per heavy atom. The Balaban J connectivity index is 1.47. The Hall–Kier alpha value is -4.08. The Bertz CT molecular complexity index is 1260. The number of nitrogens with one attached hydrogen (secondary N) is 2. The minimum absolute atomic E-state index is 0.152. The second-order valence-electron chi connectivity index (χ2n) is 9.43. The molecule has 0 bridgehead atoms. The molecule has 0 atom stereocenters. The molecule has 198 valence electrons. The summed E-state index contributed by atoms with van der Waals surface area (Å²) in [4.78, 5) is 43.2. The molecule has 0 radical (unpaired) electrons. The number of esters is 1. The highest BCUT2D eigenvalue weighted by Gasteiger charge is 2.16. The number of H-pyrrole nitrogens is 1. The minimum atomic E-state index is -0.447. The number of aromatic amines is 1. The Labute approximate surface area is 216 Å². The number of pyridine rings is 1. The molecule has 2 N–H and O–H groups in total. The van der Waals surface area contributed by atoms with E-state index in [9.17, 15) is 14.4 Å². The molecular weight excluding hydrogens is 476 g/mol. The van der Waals surface area contributed by atoms with Gasteiger partial charge in [-0.3, -0.25) is 14.2 Å². The molecule has 0 aliphatic rings. The molecule has 0 saturated carbocycles. The lowest BCUT2D eigenvalue weighted by molar-refractivity contribution is -0.154. The lowest BCUT2D eigenvalue weighted by Crippen LogP contribution is -2.23. The number of unbranched alkanes of at least 4 members (excludes halogenated alkanes) is 3. The molecule has 10 heteroatoms. The summed E-state index contributed by atoms with van der Waals surface area (Å²) >= 11 is 0. The van der Waals surface area contributed by atoms with Gasteiger partial charge in [0.25, 0.3) is 5.91 Å². The van der Waals surface area contributed by atoms with Gasteiger partial charge in [-0.1, -0.05) is 18.9 Å². The average molecular weight is 511 g/mol. The zero-order chi connectivity index (χ0) is 26.8. The second kappa shape index (κ2) is 12.8. The Morgan fingerprint density at radius 1 is 1.08 bits per heavy atom. The maximum atomic E-state index is 12.8. The number of anilines is 1. The molecule has 3 aromatic rings. The maximum absolute atomic E-state index is 12.8. The zero-order valence-corrected chi connectivity index (χ0v) is 21.7. The standard InChI is InChI=1S/C27H34N4O6/c1-27(2,3)37-24(32)12-7-5-6-8-17-36-19-13-14-20(22(18-19)35-4)30-25(33)21-10-9-11-23(29-21)31-16-15-28-26(31)34/h9-11,13-16,18H,5-8,12,17H2,1-4H3,(H,28,34)(H,30,33). The van der Waals surface area contributed by atoms with E-state index < -0.39 is 11.5 Å². The van der Waals surface area contributed by atoms with Gasteiger partial charge in [0.1, 0.15) is 28.6 Å². The second-order valence-corrected chi connectivity index (χ2v) is 9.43. The fourth-order valence-electron chi connectivity index (χ4n) is 3.54. The van der Waals surface area contributed by atoms with Crippen LogP contribution in [0, 0.1) is 0 Å². The molecule has 2 aromatic heterocycles. The fraction of sp³-hybridized carbons (Fsp3) is 0.407. The number of nitrogens with zero attached hydrogens (tertiary/aromatic N) is 2. The van der Waals surface area contributed by atoms with Gasteiger partial charge in [0, 0.05) is 24.9 Å². The molecule has 0 fully saturated rings. The van der Waals surface area contributed by atoms with E-state index in [1.807, 2.05) is 20.8 Å². The van der Waals surface area contributed by atoms with E-state index in [4.69, 9.17) is 14.2 Å². The van der Waals surface area contributed by atoms with Crippen LogP contribution in [0.5, 0.6) is 11.5 Å². The highest BCUT2D eigenvalue weighted by molar-refractivity contribution is 6.03. The van der Waals surface area contributed by atoms with E-state index in [1.165, 1.54) is 24.1 Å². The predicted molar refractivity (Wildman–Crippen MR) is 140 cm³/mol. The van der Waals surface area contributed by atoms with Gasteiger partial charge in [-0.2, -0.15) is 0 Å². The number of carbonyl (C=O) groups is 2. The van der Waals surface area contributed by atoms with Gasteiger partial charge < -0.3 is 24.5 Å². The largest absolute Gasteiger partial charge is 0.494 e.